The van der Waals surface area contributed by atoms with E-state index in [1.807, 2.05) is 81.4 Å². The third kappa shape index (κ3) is 5.80. The van der Waals surface area contributed by atoms with Crippen LogP contribution in [0.15, 0.2) is 60.7 Å². The molecule has 2 rings (SSSR count). The highest BCUT2D eigenvalue weighted by Gasteiger charge is 2.35. The first-order valence-electron chi connectivity index (χ1n) is 8.72. The van der Waals surface area contributed by atoms with Gasteiger partial charge in [0.05, 0.1) is 13.2 Å². The highest BCUT2D eigenvalue weighted by Crippen LogP contribution is 2.23. The van der Waals surface area contributed by atoms with Crippen molar-refractivity contribution >= 4 is 25.4 Å². The van der Waals surface area contributed by atoms with E-state index in [0.717, 1.165) is 10.4 Å². The van der Waals surface area contributed by atoms with Gasteiger partial charge in [-0.3, -0.25) is 0 Å². The number of methoxy groups -OCH3 is 1. The Bertz CT molecular complexity index is 643. The van der Waals surface area contributed by atoms with Gasteiger partial charge in [-0.2, -0.15) is 0 Å². The van der Waals surface area contributed by atoms with Gasteiger partial charge < -0.3 is 14.3 Å². The summed E-state index contributed by atoms with van der Waals surface area (Å²) in [5.74, 6) is -0.545. The van der Waals surface area contributed by atoms with Crippen molar-refractivity contribution in [1.82, 2.24) is 0 Å². The number of esters is 1. The number of ether oxygens (including phenoxy) is 1. The Morgan fingerprint density at radius 1 is 1.00 bits per heavy atom. The fraction of sp³-hybridized carbons (Fsp3) is 0.381. The second-order valence-corrected chi connectivity index (χ2v) is 9.50. The number of hydrogen-bond donors (Lipinski definition) is 1. The molecular weight excluding hydrogens is 344 g/mol. The standard InChI is InChI=1S/C21H27O4Si/c1-21(2,3)15-18(22)19(20(23)24-4)25-26(16-11-7-5-8-12-16)17-13-9-6-10-14-17/h5-14,18-19,22H,15H2,1-4H3/t18?,19-/m0/s1. The van der Waals surface area contributed by atoms with Crippen molar-refractivity contribution in [2.24, 2.45) is 5.41 Å². The number of hydrogen-bond acceptors (Lipinski definition) is 4. The fourth-order valence-electron chi connectivity index (χ4n) is 2.74. The summed E-state index contributed by atoms with van der Waals surface area (Å²) < 4.78 is 11.2. The molecule has 0 saturated heterocycles. The van der Waals surface area contributed by atoms with Crippen molar-refractivity contribution in [2.45, 2.75) is 39.4 Å². The molecule has 1 radical (unpaired) electrons. The van der Waals surface area contributed by atoms with Gasteiger partial charge >= 0.3 is 5.97 Å². The number of carbonyl (C=O) groups excluding carboxylic acids is 1. The Kier molecular flexibility index (Phi) is 7.14. The largest absolute Gasteiger partial charge is 0.467 e. The van der Waals surface area contributed by atoms with Crippen molar-refractivity contribution in [1.29, 1.82) is 0 Å². The van der Waals surface area contributed by atoms with Crippen LogP contribution in [-0.2, 0) is 14.0 Å². The van der Waals surface area contributed by atoms with Crippen LogP contribution in [0.25, 0.3) is 0 Å². The van der Waals surface area contributed by atoms with E-state index in [1.165, 1.54) is 7.11 Å². The summed E-state index contributed by atoms with van der Waals surface area (Å²) in [5, 5.41) is 12.7. The lowest BCUT2D eigenvalue weighted by atomic mass is 9.87. The quantitative estimate of drug-likeness (QED) is 0.599. The Hall–Kier alpha value is -1.95. The minimum absolute atomic E-state index is 0.137. The van der Waals surface area contributed by atoms with E-state index in [2.05, 4.69) is 0 Å². The minimum atomic E-state index is -1.71. The van der Waals surface area contributed by atoms with Crippen molar-refractivity contribution in [2.75, 3.05) is 7.11 Å². The molecule has 5 heteroatoms. The molecular formula is C21H27O4Si. The topological polar surface area (TPSA) is 55.8 Å². The van der Waals surface area contributed by atoms with Gasteiger partial charge in [0.2, 0.25) is 0 Å². The lowest BCUT2D eigenvalue weighted by Gasteiger charge is -2.29. The predicted molar refractivity (Wildman–Crippen MR) is 105 cm³/mol. The highest BCUT2D eigenvalue weighted by atomic mass is 28.3. The van der Waals surface area contributed by atoms with Gasteiger partial charge in [-0.05, 0) is 22.2 Å². The maximum Gasteiger partial charge on any atom is 0.336 e. The molecule has 2 aromatic carbocycles. The summed E-state index contributed by atoms with van der Waals surface area (Å²) in [7, 11) is -0.394. The molecule has 0 amide bonds. The molecule has 0 heterocycles. The van der Waals surface area contributed by atoms with E-state index in [0.29, 0.717) is 6.42 Å². The van der Waals surface area contributed by atoms with Crippen LogP contribution in [0.2, 0.25) is 0 Å². The first kappa shape index (κ1) is 20.4. The highest BCUT2D eigenvalue weighted by molar-refractivity contribution is 6.80. The molecule has 0 aliphatic heterocycles. The van der Waals surface area contributed by atoms with Crippen molar-refractivity contribution in [3.05, 3.63) is 60.7 Å². The maximum absolute atomic E-state index is 12.3. The predicted octanol–water partition coefficient (Wildman–Crippen LogP) is 2.15. The lowest BCUT2D eigenvalue weighted by Crippen LogP contribution is -2.52. The monoisotopic (exact) mass is 371 g/mol. The first-order valence-corrected chi connectivity index (χ1v) is 10.1. The Labute approximate surface area is 157 Å². The molecule has 4 nitrogen and oxygen atoms in total. The van der Waals surface area contributed by atoms with Crippen LogP contribution < -0.4 is 10.4 Å². The van der Waals surface area contributed by atoms with E-state index in [9.17, 15) is 9.90 Å². The molecule has 1 unspecified atom stereocenters. The number of aliphatic hydroxyl groups excluding tert-OH is 1. The molecule has 0 spiro atoms. The molecule has 0 aliphatic carbocycles. The van der Waals surface area contributed by atoms with Crippen molar-refractivity contribution in [3.8, 4) is 0 Å². The van der Waals surface area contributed by atoms with Crippen LogP contribution in [0.3, 0.4) is 0 Å². The zero-order chi connectivity index (χ0) is 19.2. The van der Waals surface area contributed by atoms with E-state index < -0.39 is 27.2 Å². The Morgan fingerprint density at radius 3 is 1.85 bits per heavy atom. The number of carbonyl (C=O) groups is 1. The van der Waals surface area contributed by atoms with Crippen LogP contribution in [0.4, 0.5) is 0 Å². The molecule has 0 aliphatic rings. The van der Waals surface area contributed by atoms with Gasteiger partial charge in [-0.25, -0.2) is 4.79 Å². The third-order valence-corrected chi connectivity index (χ3v) is 6.13. The number of rotatable bonds is 7. The zero-order valence-corrected chi connectivity index (χ0v) is 16.8. The Morgan fingerprint density at radius 2 is 1.46 bits per heavy atom. The summed E-state index contributed by atoms with van der Waals surface area (Å²) in [6.07, 6.45) is -1.52. The fourth-order valence-corrected chi connectivity index (χ4v) is 4.85. The second-order valence-electron chi connectivity index (χ2n) is 7.45. The summed E-state index contributed by atoms with van der Waals surface area (Å²) in [4.78, 5) is 12.3. The molecule has 2 atom stereocenters. The van der Waals surface area contributed by atoms with Gasteiger partial charge in [0.1, 0.15) is 0 Å². The molecule has 0 bridgehead atoms. The van der Waals surface area contributed by atoms with Gasteiger partial charge in [0, 0.05) is 0 Å². The molecule has 2 aromatic rings. The van der Waals surface area contributed by atoms with Crippen LogP contribution in [-0.4, -0.2) is 39.4 Å². The van der Waals surface area contributed by atoms with Crippen LogP contribution in [0.1, 0.15) is 27.2 Å². The van der Waals surface area contributed by atoms with E-state index >= 15 is 0 Å². The summed E-state index contributed by atoms with van der Waals surface area (Å²) >= 11 is 0. The van der Waals surface area contributed by atoms with Crippen molar-refractivity contribution < 1.29 is 19.1 Å². The van der Waals surface area contributed by atoms with Gasteiger partial charge in [0.25, 0.3) is 9.04 Å². The summed E-state index contributed by atoms with van der Waals surface area (Å²) in [5.41, 5.74) is -0.137. The molecule has 1 N–H and O–H groups in total. The van der Waals surface area contributed by atoms with Crippen LogP contribution >= 0.6 is 0 Å². The average molecular weight is 372 g/mol. The minimum Gasteiger partial charge on any atom is -0.467 e. The van der Waals surface area contributed by atoms with Gasteiger partial charge in [-0.15, -0.1) is 0 Å². The average Bonchev–Trinajstić information content (AvgIpc) is 2.62. The van der Waals surface area contributed by atoms with Crippen LogP contribution in [0.5, 0.6) is 0 Å². The Balaban J connectivity index is 2.35. The maximum atomic E-state index is 12.3. The lowest BCUT2D eigenvalue weighted by molar-refractivity contribution is -0.155. The first-order chi connectivity index (χ1) is 12.3. The summed E-state index contributed by atoms with van der Waals surface area (Å²) in [6, 6.07) is 19.7. The second kappa shape index (κ2) is 9.12. The van der Waals surface area contributed by atoms with E-state index in [-0.39, 0.29) is 5.41 Å². The normalized spacial score (nSPS) is 14.1. The van der Waals surface area contributed by atoms with E-state index in [1.54, 1.807) is 0 Å². The van der Waals surface area contributed by atoms with Crippen molar-refractivity contribution in [3.63, 3.8) is 0 Å². The molecule has 0 saturated carbocycles. The summed E-state index contributed by atoms with van der Waals surface area (Å²) in [6.45, 7) is 6.06. The molecule has 139 valence electrons. The third-order valence-electron chi connectivity index (χ3n) is 3.92. The van der Waals surface area contributed by atoms with E-state index in [4.69, 9.17) is 9.16 Å². The molecule has 0 fully saturated rings. The number of benzene rings is 2. The van der Waals surface area contributed by atoms with Gasteiger partial charge in [-0.1, -0.05) is 81.4 Å². The molecule has 26 heavy (non-hydrogen) atoms. The zero-order valence-electron chi connectivity index (χ0n) is 15.8. The molecule has 0 aromatic heterocycles. The SMILES string of the molecule is COC(=O)[C@@H](O[Si](c1ccccc1)c1ccccc1)C(O)CC(C)(C)C. The van der Waals surface area contributed by atoms with Crippen LogP contribution in [0, 0.1) is 5.41 Å². The van der Waals surface area contributed by atoms with Gasteiger partial charge in [0.15, 0.2) is 6.10 Å². The smallest absolute Gasteiger partial charge is 0.336 e. The number of aliphatic hydroxyl groups is 1.